The van der Waals surface area contributed by atoms with Crippen molar-refractivity contribution in [3.05, 3.63) is 57.9 Å². The fourth-order valence-corrected chi connectivity index (χ4v) is 4.22. The van der Waals surface area contributed by atoms with Crippen molar-refractivity contribution in [1.29, 1.82) is 5.26 Å². The van der Waals surface area contributed by atoms with Gasteiger partial charge in [0.1, 0.15) is 6.07 Å². The molecule has 9 heteroatoms. The molecule has 1 aromatic carbocycles. The molecule has 0 spiro atoms. The molecule has 1 aliphatic heterocycles. The van der Waals surface area contributed by atoms with Gasteiger partial charge in [-0.3, -0.25) is 4.79 Å². The average molecular weight is 473 g/mol. The average Bonchev–Trinajstić information content (AvgIpc) is 3.49. The van der Waals surface area contributed by atoms with Gasteiger partial charge in [0.05, 0.1) is 16.3 Å². The number of amides is 1. The Bertz CT molecular complexity index is 1130. The number of aromatic nitrogens is 1. The van der Waals surface area contributed by atoms with Crippen molar-refractivity contribution in [3.8, 4) is 17.7 Å². The summed E-state index contributed by atoms with van der Waals surface area (Å²) in [7, 11) is 0. The highest BCUT2D eigenvalue weighted by Crippen LogP contribution is 2.32. The van der Waals surface area contributed by atoms with Crippen LogP contribution in [-0.2, 0) is 11.3 Å². The monoisotopic (exact) mass is 472 g/mol. The van der Waals surface area contributed by atoms with E-state index in [1.165, 1.54) is 6.26 Å². The molecule has 0 atom stereocenters. The van der Waals surface area contributed by atoms with Gasteiger partial charge in [-0.2, -0.15) is 10.2 Å². The summed E-state index contributed by atoms with van der Waals surface area (Å²) >= 11 is 12.1. The van der Waals surface area contributed by atoms with Gasteiger partial charge < -0.3 is 18.6 Å². The molecule has 166 valence electrons. The van der Waals surface area contributed by atoms with Gasteiger partial charge in [0.15, 0.2) is 5.76 Å². The third-order valence-corrected chi connectivity index (χ3v) is 6.37. The molecule has 3 heterocycles. The summed E-state index contributed by atoms with van der Waals surface area (Å²) in [6.07, 6.45) is 2.86. The molecule has 2 aromatic heterocycles. The summed E-state index contributed by atoms with van der Waals surface area (Å²) in [5.41, 5.74) is 1.16. The second-order valence-electron chi connectivity index (χ2n) is 7.62. The minimum atomic E-state index is -0.0908. The van der Waals surface area contributed by atoms with Crippen molar-refractivity contribution in [1.82, 2.24) is 9.88 Å². The minimum absolute atomic E-state index is 0.0908. The van der Waals surface area contributed by atoms with Crippen molar-refractivity contribution in [2.45, 2.75) is 26.3 Å². The molecule has 1 saturated heterocycles. The zero-order valence-electron chi connectivity index (χ0n) is 17.6. The first-order valence-corrected chi connectivity index (χ1v) is 11.2. The first-order valence-electron chi connectivity index (χ1n) is 10.4. The lowest BCUT2D eigenvalue weighted by Gasteiger charge is -2.33. The normalized spacial score (nSPS) is 14.4. The number of hydrogen-bond donors (Lipinski definition) is 0. The van der Waals surface area contributed by atoms with Crippen LogP contribution in [-0.4, -0.2) is 35.4 Å². The fourth-order valence-electron chi connectivity index (χ4n) is 3.90. The maximum Gasteiger partial charge on any atom is 0.266 e. The molecule has 0 bridgehead atoms. The molecule has 3 aromatic rings. The van der Waals surface area contributed by atoms with Gasteiger partial charge in [0.2, 0.25) is 17.5 Å². The van der Waals surface area contributed by atoms with E-state index >= 15 is 0 Å². The molecule has 7 nitrogen and oxygen atoms in total. The van der Waals surface area contributed by atoms with E-state index < -0.39 is 0 Å². The molecular weight excluding hydrogens is 451 g/mol. The van der Waals surface area contributed by atoms with Gasteiger partial charge in [-0.1, -0.05) is 29.3 Å². The first-order chi connectivity index (χ1) is 15.5. The predicted octanol–water partition coefficient (Wildman–Crippen LogP) is 5.38. The predicted molar refractivity (Wildman–Crippen MR) is 121 cm³/mol. The van der Waals surface area contributed by atoms with Crippen molar-refractivity contribution < 1.29 is 13.6 Å². The van der Waals surface area contributed by atoms with Gasteiger partial charge >= 0.3 is 0 Å². The Morgan fingerprint density at radius 2 is 2.06 bits per heavy atom. The Morgan fingerprint density at radius 1 is 1.28 bits per heavy atom. The van der Waals surface area contributed by atoms with Crippen LogP contribution in [0.2, 0.25) is 10.0 Å². The van der Waals surface area contributed by atoms with Crippen LogP contribution in [0.15, 0.2) is 45.4 Å². The lowest BCUT2D eigenvalue weighted by Crippen LogP contribution is -2.42. The largest absolute Gasteiger partial charge is 0.459 e. The number of anilines is 1. The number of rotatable bonds is 6. The Morgan fingerprint density at radius 3 is 2.69 bits per heavy atom. The summed E-state index contributed by atoms with van der Waals surface area (Å²) in [6, 6.07) is 11.0. The smallest absolute Gasteiger partial charge is 0.266 e. The van der Waals surface area contributed by atoms with Gasteiger partial charge in [-0.05, 0) is 49.6 Å². The number of nitrogens with zero attached hydrogens (tertiary/aromatic N) is 4. The molecule has 0 aliphatic carbocycles. The van der Waals surface area contributed by atoms with Gasteiger partial charge in [0, 0.05) is 32.1 Å². The quantitative estimate of drug-likeness (QED) is 0.478. The molecule has 1 aliphatic rings. The molecule has 1 amide bonds. The molecule has 0 saturated carbocycles. The zero-order valence-corrected chi connectivity index (χ0v) is 19.1. The van der Waals surface area contributed by atoms with Crippen molar-refractivity contribution in [2.75, 3.05) is 24.5 Å². The van der Waals surface area contributed by atoms with Crippen LogP contribution < -0.4 is 4.90 Å². The van der Waals surface area contributed by atoms with Gasteiger partial charge in [-0.15, -0.1) is 0 Å². The zero-order chi connectivity index (χ0) is 22.7. The van der Waals surface area contributed by atoms with Crippen LogP contribution in [0, 0.1) is 17.2 Å². The number of piperidine rings is 1. The molecule has 0 N–H and O–H groups in total. The Hall–Kier alpha value is -2.95. The maximum atomic E-state index is 13.2. The van der Waals surface area contributed by atoms with Crippen LogP contribution in [0.5, 0.6) is 0 Å². The van der Waals surface area contributed by atoms with E-state index in [0.29, 0.717) is 60.7 Å². The van der Waals surface area contributed by atoms with Crippen LogP contribution in [0.25, 0.3) is 11.7 Å². The van der Waals surface area contributed by atoms with Crippen molar-refractivity contribution in [2.24, 2.45) is 5.92 Å². The number of hydrogen-bond acceptors (Lipinski definition) is 6. The van der Waals surface area contributed by atoms with Gasteiger partial charge in [-0.25, -0.2) is 0 Å². The van der Waals surface area contributed by atoms with E-state index in [-0.39, 0.29) is 23.4 Å². The van der Waals surface area contributed by atoms with Gasteiger partial charge in [0.25, 0.3) is 5.89 Å². The highest BCUT2D eigenvalue weighted by Gasteiger charge is 2.31. The summed E-state index contributed by atoms with van der Waals surface area (Å²) in [4.78, 5) is 21.2. The van der Waals surface area contributed by atoms with E-state index in [4.69, 9.17) is 32.0 Å². The Kier molecular flexibility index (Phi) is 6.73. The van der Waals surface area contributed by atoms with Crippen LogP contribution in [0.1, 0.15) is 31.0 Å². The van der Waals surface area contributed by atoms with Crippen LogP contribution in [0.3, 0.4) is 0 Å². The number of carbonyl (C=O) groups is 1. The minimum Gasteiger partial charge on any atom is -0.459 e. The highest BCUT2D eigenvalue weighted by atomic mass is 35.5. The Balaban J connectivity index is 1.41. The van der Waals surface area contributed by atoms with E-state index in [0.717, 1.165) is 5.56 Å². The number of oxazole rings is 1. The molecule has 1 fully saturated rings. The van der Waals surface area contributed by atoms with Crippen molar-refractivity contribution >= 4 is 35.0 Å². The third kappa shape index (κ3) is 4.62. The molecular formula is C23H22Cl2N4O3. The molecule has 4 rings (SSSR count). The number of carbonyl (C=O) groups excluding carboxylic acids is 1. The third-order valence-electron chi connectivity index (χ3n) is 5.63. The molecule has 32 heavy (non-hydrogen) atoms. The molecule has 0 radical (unpaired) electrons. The van der Waals surface area contributed by atoms with E-state index in [2.05, 4.69) is 11.1 Å². The van der Waals surface area contributed by atoms with E-state index in [1.54, 1.807) is 24.3 Å². The summed E-state index contributed by atoms with van der Waals surface area (Å²) in [5, 5.41) is 10.5. The van der Waals surface area contributed by atoms with E-state index in [1.807, 2.05) is 22.8 Å². The summed E-state index contributed by atoms with van der Waals surface area (Å²) in [5.74, 6) is 1.20. The number of halogens is 2. The molecule has 0 unspecified atom stereocenters. The Labute approximate surface area is 196 Å². The topological polar surface area (TPSA) is 86.5 Å². The number of nitriles is 1. The second-order valence-corrected chi connectivity index (χ2v) is 8.44. The maximum absolute atomic E-state index is 13.2. The second kappa shape index (κ2) is 9.68. The number of benzene rings is 1. The standard InChI is InChI=1S/C23H22Cl2N4O3/c1-2-28(14-15-5-6-17(24)18(25)12-15)22(30)16-7-9-29(10-8-16)23-19(13-26)27-21(32-23)20-4-3-11-31-20/h3-6,11-12,16H,2,7-10,14H2,1H3. The number of furan rings is 1. The lowest BCUT2D eigenvalue weighted by molar-refractivity contribution is -0.136. The summed E-state index contributed by atoms with van der Waals surface area (Å²) in [6.45, 7) is 4.25. The van der Waals surface area contributed by atoms with E-state index in [9.17, 15) is 10.1 Å². The summed E-state index contributed by atoms with van der Waals surface area (Å²) < 4.78 is 11.2. The SMILES string of the molecule is CCN(Cc1ccc(Cl)c(Cl)c1)C(=O)C1CCN(c2oc(-c3ccco3)nc2C#N)CC1. The van der Waals surface area contributed by atoms with Crippen molar-refractivity contribution in [3.63, 3.8) is 0 Å². The fraction of sp³-hybridized carbons (Fsp3) is 0.348. The lowest BCUT2D eigenvalue weighted by atomic mass is 9.95. The highest BCUT2D eigenvalue weighted by molar-refractivity contribution is 6.42. The van der Waals surface area contributed by atoms with Crippen LogP contribution in [0.4, 0.5) is 5.88 Å². The first kappa shape index (κ1) is 22.3. The van der Waals surface area contributed by atoms with Crippen LogP contribution >= 0.6 is 23.2 Å².